The minimum absolute atomic E-state index is 0.843. The fourth-order valence-corrected chi connectivity index (χ4v) is 1.80. The summed E-state index contributed by atoms with van der Waals surface area (Å²) in [6, 6.07) is 0. The highest BCUT2D eigenvalue weighted by Gasteiger charge is 2.08. The topological polar surface area (TPSA) is 3.24 Å². The van der Waals surface area contributed by atoms with Crippen molar-refractivity contribution >= 4 is 0 Å². The van der Waals surface area contributed by atoms with Crippen molar-refractivity contribution in [2.75, 3.05) is 19.6 Å². The molecule has 0 aliphatic carbocycles. The van der Waals surface area contributed by atoms with E-state index in [1.807, 2.05) is 0 Å². The van der Waals surface area contributed by atoms with E-state index in [2.05, 4.69) is 39.5 Å². The standard InChI is InChI=1S/C11H25N/c1-6-12(7-2)9-11(5)8-10(3)4/h10-11H,6-9H2,1-5H3. The monoisotopic (exact) mass is 171 g/mol. The van der Waals surface area contributed by atoms with E-state index in [-0.39, 0.29) is 0 Å². The highest BCUT2D eigenvalue weighted by atomic mass is 15.1. The summed E-state index contributed by atoms with van der Waals surface area (Å²) in [6.07, 6.45) is 1.36. The van der Waals surface area contributed by atoms with Gasteiger partial charge in [-0.25, -0.2) is 0 Å². The van der Waals surface area contributed by atoms with E-state index in [9.17, 15) is 0 Å². The Morgan fingerprint density at radius 3 is 1.83 bits per heavy atom. The molecule has 12 heavy (non-hydrogen) atoms. The summed E-state index contributed by atoms with van der Waals surface area (Å²) in [5, 5.41) is 0. The molecular weight excluding hydrogens is 146 g/mol. The van der Waals surface area contributed by atoms with Crippen molar-refractivity contribution in [3.05, 3.63) is 0 Å². The Bertz CT molecular complexity index is 95.2. The van der Waals surface area contributed by atoms with Gasteiger partial charge in [0.25, 0.3) is 0 Å². The third kappa shape index (κ3) is 5.59. The van der Waals surface area contributed by atoms with E-state index in [1.54, 1.807) is 0 Å². The highest BCUT2D eigenvalue weighted by Crippen LogP contribution is 2.11. The van der Waals surface area contributed by atoms with Crippen LogP contribution in [0.3, 0.4) is 0 Å². The first-order chi connectivity index (χ1) is 5.60. The highest BCUT2D eigenvalue weighted by molar-refractivity contribution is 4.61. The third-order valence-corrected chi connectivity index (χ3v) is 2.34. The number of hydrogen-bond acceptors (Lipinski definition) is 1. The van der Waals surface area contributed by atoms with Crippen molar-refractivity contribution in [2.24, 2.45) is 11.8 Å². The van der Waals surface area contributed by atoms with Crippen molar-refractivity contribution in [3.63, 3.8) is 0 Å². The maximum absolute atomic E-state index is 2.51. The molecule has 0 radical (unpaired) electrons. The molecule has 0 aliphatic heterocycles. The van der Waals surface area contributed by atoms with Crippen LogP contribution in [-0.4, -0.2) is 24.5 Å². The minimum atomic E-state index is 0.843. The zero-order valence-corrected chi connectivity index (χ0v) is 9.43. The number of rotatable bonds is 6. The Morgan fingerprint density at radius 2 is 1.50 bits per heavy atom. The molecule has 0 spiro atoms. The molecule has 1 unspecified atom stereocenters. The first-order valence-electron chi connectivity index (χ1n) is 5.32. The second kappa shape index (κ2) is 6.47. The van der Waals surface area contributed by atoms with Crippen LogP contribution in [0.5, 0.6) is 0 Å². The molecule has 0 aromatic heterocycles. The van der Waals surface area contributed by atoms with Crippen LogP contribution in [0.25, 0.3) is 0 Å². The van der Waals surface area contributed by atoms with Crippen molar-refractivity contribution < 1.29 is 0 Å². The maximum atomic E-state index is 2.51. The van der Waals surface area contributed by atoms with Crippen molar-refractivity contribution in [2.45, 2.75) is 41.0 Å². The van der Waals surface area contributed by atoms with Gasteiger partial charge in [0.05, 0.1) is 0 Å². The van der Waals surface area contributed by atoms with Crippen LogP contribution < -0.4 is 0 Å². The van der Waals surface area contributed by atoms with E-state index < -0.39 is 0 Å². The Kier molecular flexibility index (Phi) is 6.45. The zero-order valence-electron chi connectivity index (χ0n) is 9.43. The van der Waals surface area contributed by atoms with Crippen molar-refractivity contribution in [1.82, 2.24) is 4.90 Å². The van der Waals surface area contributed by atoms with E-state index in [0.717, 1.165) is 11.8 Å². The van der Waals surface area contributed by atoms with Gasteiger partial charge in [-0.2, -0.15) is 0 Å². The molecule has 0 aromatic carbocycles. The second-order valence-corrected chi connectivity index (χ2v) is 4.22. The average Bonchev–Trinajstić information content (AvgIpc) is 1.98. The van der Waals surface area contributed by atoms with Gasteiger partial charge in [-0.05, 0) is 31.3 Å². The van der Waals surface area contributed by atoms with Crippen LogP contribution in [-0.2, 0) is 0 Å². The Morgan fingerprint density at radius 1 is 1.00 bits per heavy atom. The van der Waals surface area contributed by atoms with Gasteiger partial charge in [-0.1, -0.05) is 34.6 Å². The van der Waals surface area contributed by atoms with Crippen molar-refractivity contribution in [1.29, 1.82) is 0 Å². The number of hydrogen-bond donors (Lipinski definition) is 0. The molecule has 1 atom stereocenters. The third-order valence-electron chi connectivity index (χ3n) is 2.34. The van der Waals surface area contributed by atoms with E-state index in [1.165, 1.54) is 26.1 Å². The molecule has 0 aromatic rings. The van der Waals surface area contributed by atoms with E-state index >= 15 is 0 Å². The lowest BCUT2D eigenvalue weighted by Crippen LogP contribution is -2.28. The Balaban J connectivity index is 3.58. The van der Waals surface area contributed by atoms with Gasteiger partial charge in [0.2, 0.25) is 0 Å². The summed E-state index contributed by atoms with van der Waals surface area (Å²) in [6.45, 7) is 15.1. The van der Waals surface area contributed by atoms with Gasteiger partial charge >= 0.3 is 0 Å². The second-order valence-electron chi connectivity index (χ2n) is 4.22. The van der Waals surface area contributed by atoms with Crippen LogP contribution in [0.4, 0.5) is 0 Å². The Labute approximate surface area is 78.1 Å². The first kappa shape index (κ1) is 12.0. The van der Waals surface area contributed by atoms with Crippen LogP contribution in [0.1, 0.15) is 41.0 Å². The lowest BCUT2D eigenvalue weighted by atomic mass is 9.98. The fraction of sp³-hybridized carbons (Fsp3) is 1.00. The van der Waals surface area contributed by atoms with Gasteiger partial charge in [0, 0.05) is 6.54 Å². The molecule has 0 rings (SSSR count). The van der Waals surface area contributed by atoms with Crippen LogP contribution in [0.2, 0.25) is 0 Å². The molecule has 1 heteroatoms. The summed E-state index contributed by atoms with van der Waals surface area (Å²) >= 11 is 0. The molecule has 74 valence electrons. The minimum Gasteiger partial charge on any atom is -0.304 e. The van der Waals surface area contributed by atoms with Crippen LogP contribution >= 0.6 is 0 Å². The summed E-state index contributed by atoms with van der Waals surface area (Å²) in [7, 11) is 0. The molecule has 1 nitrogen and oxygen atoms in total. The first-order valence-corrected chi connectivity index (χ1v) is 5.32. The predicted molar refractivity (Wildman–Crippen MR) is 56.4 cm³/mol. The molecule has 0 saturated heterocycles. The lowest BCUT2D eigenvalue weighted by molar-refractivity contribution is 0.243. The van der Waals surface area contributed by atoms with Crippen LogP contribution in [0, 0.1) is 11.8 Å². The van der Waals surface area contributed by atoms with Gasteiger partial charge in [0.15, 0.2) is 0 Å². The quantitative estimate of drug-likeness (QED) is 0.594. The van der Waals surface area contributed by atoms with Gasteiger partial charge in [0.1, 0.15) is 0 Å². The molecular formula is C11H25N. The molecule has 0 amide bonds. The molecule has 0 aliphatic rings. The summed E-state index contributed by atoms with van der Waals surface area (Å²) in [4.78, 5) is 2.51. The SMILES string of the molecule is CCN(CC)CC(C)CC(C)C. The average molecular weight is 171 g/mol. The normalized spacial score (nSPS) is 14.2. The zero-order chi connectivity index (χ0) is 9.56. The van der Waals surface area contributed by atoms with Gasteiger partial charge in [-0.3, -0.25) is 0 Å². The fourth-order valence-electron chi connectivity index (χ4n) is 1.80. The number of nitrogens with zero attached hydrogens (tertiary/aromatic N) is 1. The molecule has 0 saturated carbocycles. The summed E-state index contributed by atoms with van der Waals surface area (Å²) in [5.74, 6) is 1.69. The van der Waals surface area contributed by atoms with E-state index in [4.69, 9.17) is 0 Å². The summed E-state index contributed by atoms with van der Waals surface area (Å²) in [5.41, 5.74) is 0. The molecule has 0 N–H and O–H groups in total. The van der Waals surface area contributed by atoms with Crippen molar-refractivity contribution in [3.8, 4) is 0 Å². The molecule has 0 fully saturated rings. The smallest absolute Gasteiger partial charge is 0.000688 e. The van der Waals surface area contributed by atoms with Gasteiger partial charge < -0.3 is 4.90 Å². The largest absolute Gasteiger partial charge is 0.304 e. The van der Waals surface area contributed by atoms with E-state index in [0.29, 0.717) is 0 Å². The summed E-state index contributed by atoms with van der Waals surface area (Å²) < 4.78 is 0. The molecule has 0 heterocycles. The van der Waals surface area contributed by atoms with Gasteiger partial charge in [-0.15, -0.1) is 0 Å². The predicted octanol–water partition coefficient (Wildman–Crippen LogP) is 3.01. The Hall–Kier alpha value is -0.0400. The van der Waals surface area contributed by atoms with Crippen LogP contribution in [0.15, 0.2) is 0 Å². The molecule has 0 bridgehead atoms. The lowest BCUT2D eigenvalue weighted by Gasteiger charge is -2.23. The maximum Gasteiger partial charge on any atom is 0.000688 e.